The van der Waals surface area contributed by atoms with Crippen molar-refractivity contribution in [2.24, 2.45) is 5.73 Å². The number of pyridine rings is 1. The lowest BCUT2D eigenvalue weighted by Gasteiger charge is -1.96. The van der Waals surface area contributed by atoms with Gasteiger partial charge in [0, 0.05) is 11.7 Å². The van der Waals surface area contributed by atoms with Gasteiger partial charge in [-0.3, -0.25) is 4.98 Å². The van der Waals surface area contributed by atoms with Crippen LogP contribution in [0.25, 0.3) is 6.08 Å². The molecule has 12 heavy (non-hydrogen) atoms. The predicted molar refractivity (Wildman–Crippen MR) is 51.7 cm³/mol. The predicted octanol–water partition coefficient (Wildman–Crippen LogP) is 1.75. The molecule has 0 saturated carbocycles. The monoisotopic (exact) mass is 162 g/mol. The lowest BCUT2D eigenvalue weighted by atomic mass is 10.2. The summed E-state index contributed by atoms with van der Waals surface area (Å²) in [7, 11) is 0. The quantitative estimate of drug-likeness (QED) is 0.719. The molecule has 2 heteroatoms. The molecule has 0 aliphatic rings. The molecule has 0 aromatic carbocycles. The third kappa shape index (κ3) is 2.84. The molecule has 1 aromatic heterocycles. The Bertz CT molecular complexity index is 277. The Labute approximate surface area is 73.1 Å². The Kier molecular flexibility index (Phi) is 3.00. The van der Waals surface area contributed by atoms with Crippen LogP contribution in [0.1, 0.15) is 18.3 Å². The highest BCUT2D eigenvalue weighted by molar-refractivity contribution is 5.45. The average Bonchev–Trinajstić information content (AvgIpc) is 2.01. The normalized spacial score (nSPS) is 13.6. The van der Waals surface area contributed by atoms with E-state index in [4.69, 9.17) is 5.73 Å². The van der Waals surface area contributed by atoms with Crippen molar-refractivity contribution in [1.82, 2.24) is 4.98 Å². The minimum atomic E-state index is 0.0901. The number of nitrogens with zero attached hydrogens (tertiary/aromatic N) is 1. The number of rotatable bonds is 2. The van der Waals surface area contributed by atoms with Crippen molar-refractivity contribution in [2.75, 3.05) is 0 Å². The summed E-state index contributed by atoms with van der Waals surface area (Å²) in [6, 6.07) is 6.02. The van der Waals surface area contributed by atoms with E-state index in [0.29, 0.717) is 0 Å². The first-order valence-corrected chi connectivity index (χ1v) is 4.06. The topological polar surface area (TPSA) is 38.9 Å². The Morgan fingerprint density at radius 3 is 2.83 bits per heavy atom. The summed E-state index contributed by atoms with van der Waals surface area (Å²) in [5, 5.41) is 0. The van der Waals surface area contributed by atoms with E-state index < -0.39 is 0 Å². The van der Waals surface area contributed by atoms with E-state index in [1.807, 2.05) is 44.2 Å². The van der Waals surface area contributed by atoms with Crippen molar-refractivity contribution >= 4 is 6.08 Å². The van der Waals surface area contributed by atoms with Crippen molar-refractivity contribution in [3.63, 3.8) is 0 Å². The van der Waals surface area contributed by atoms with Crippen LogP contribution in [0.3, 0.4) is 0 Å². The molecule has 64 valence electrons. The van der Waals surface area contributed by atoms with Crippen LogP contribution in [0, 0.1) is 6.92 Å². The van der Waals surface area contributed by atoms with Crippen LogP contribution in [-0.2, 0) is 0 Å². The van der Waals surface area contributed by atoms with E-state index in [2.05, 4.69) is 4.98 Å². The summed E-state index contributed by atoms with van der Waals surface area (Å²) >= 11 is 0. The molecule has 0 bridgehead atoms. The lowest BCUT2D eigenvalue weighted by molar-refractivity contribution is 0.930. The summed E-state index contributed by atoms with van der Waals surface area (Å²) in [5.41, 5.74) is 7.56. The van der Waals surface area contributed by atoms with Gasteiger partial charge >= 0.3 is 0 Å². The number of hydrogen-bond acceptors (Lipinski definition) is 2. The van der Waals surface area contributed by atoms with Crippen molar-refractivity contribution in [3.8, 4) is 0 Å². The Morgan fingerprint density at radius 2 is 2.25 bits per heavy atom. The minimum absolute atomic E-state index is 0.0901. The third-order valence-electron chi connectivity index (χ3n) is 1.48. The van der Waals surface area contributed by atoms with Crippen molar-refractivity contribution < 1.29 is 0 Å². The summed E-state index contributed by atoms with van der Waals surface area (Å²) in [4.78, 5) is 4.30. The largest absolute Gasteiger partial charge is 0.325 e. The standard InChI is InChI=1S/C10H14N2/c1-8(11)6-7-10-5-3-4-9(2)12-10/h3-8H,11H2,1-2H3/b7-6+. The van der Waals surface area contributed by atoms with Crippen molar-refractivity contribution in [3.05, 3.63) is 35.7 Å². The Hall–Kier alpha value is -1.15. The summed E-state index contributed by atoms with van der Waals surface area (Å²) in [5.74, 6) is 0. The van der Waals surface area contributed by atoms with Gasteiger partial charge in [-0.1, -0.05) is 12.1 Å². The van der Waals surface area contributed by atoms with Gasteiger partial charge in [0.2, 0.25) is 0 Å². The second-order valence-electron chi connectivity index (χ2n) is 2.92. The van der Waals surface area contributed by atoms with Crippen LogP contribution < -0.4 is 5.73 Å². The maximum Gasteiger partial charge on any atom is 0.0630 e. The molecule has 2 N–H and O–H groups in total. The van der Waals surface area contributed by atoms with Gasteiger partial charge in [0.15, 0.2) is 0 Å². The fraction of sp³-hybridized carbons (Fsp3) is 0.300. The van der Waals surface area contributed by atoms with Gasteiger partial charge in [0.25, 0.3) is 0 Å². The molecule has 0 radical (unpaired) electrons. The van der Waals surface area contributed by atoms with E-state index in [9.17, 15) is 0 Å². The van der Waals surface area contributed by atoms with Gasteiger partial charge in [-0.15, -0.1) is 0 Å². The molecule has 1 unspecified atom stereocenters. The molecular weight excluding hydrogens is 148 g/mol. The van der Waals surface area contributed by atoms with Crippen LogP contribution in [-0.4, -0.2) is 11.0 Å². The number of hydrogen-bond donors (Lipinski definition) is 1. The van der Waals surface area contributed by atoms with E-state index >= 15 is 0 Å². The van der Waals surface area contributed by atoms with Crippen molar-refractivity contribution in [2.45, 2.75) is 19.9 Å². The van der Waals surface area contributed by atoms with Crippen LogP contribution in [0.4, 0.5) is 0 Å². The van der Waals surface area contributed by atoms with Crippen LogP contribution >= 0.6 is 0 Å². The van der Waals surface area contributed by atoms with Crippen molar-refractivity contribution in [1.29, 1.82) is 0 Å². The summed E-state index contributed by atoms with van der Waals surface area (Å²) in [6.45, 7) is 3.91. The molecule has 2 nitrogen and oxygen atoms in total. The zero-order valence-electron chi connectivity index (χ0n) is 7.49. The zero-order valence-corrected chi connectivity index (χ0v) is 7.49. The molecule has 0 aliphatic carbocycles. The molecule has 1 atom stereocenters. The SMILES string of the molecule is Cc1cccc(/C=C/C(C)N)n1. The highest BCUT2D eigenvalue weighted by Crippen LogP contribution is 2.00. The minimum Gasteiger partial charge on any atom is -0.325 e. The molecule has 1 rings (SSSR count). The maximum absolute atomic E-state index is 5.56. The smallest absolute Gasteiger partial charge is 0.0630 e. The molecule has 0 saturated heterocycles. The first kappa shape index (κ1) is 8.94. The molecule has 0 fully saturated rings. The molecule has 1 heterocycles. The van der Waals surface area contributed by atoms with E-state index in [0.717, 1.165) is 11.4 Å². The van der Waals surface area contributed by atoms with Gasteiger partial charge < -0.3 is 5.73 Å². The van der Waals surface area contributed by atoms with Crippen LogP contribution in [0.15, 0.2) is 24.3 Å². The van der Waals surface area contributed by atoms with Crippen LogP contribution in [0.2, 0.25) is 0 Å². The molecule has 0 spiro atoms. The highest BCUT2D eigenvalue weighted by atomic mass is 14.7. The Morgan fingerprint density at radius 1 is 1.50 bits per heavy atom. The zero-order chi connectivity index (χ0) is 8.97. The molecular formula is C10H14N2. The lowest BCUT2D eigenvalue weighted by Crippen LogP contribution is -2.09. The highest BCUT2D eigenvalue weighted by Gasteiger charge is 1.89. The fourth-order valence-electron chi connectivity index (χ4n) is 0.907. The van der Waals surface area contributed by atoms with E-state index in [1.54, 1.807) is 0 Å². The summed E-state index contributed by atoms with van der Waals surface area (Å²) in [6.07, 6.45) is 3.87. The number of aromatic nitrogens is 1. The van der Waals surface area contributed by atoms with Gasteiger partial charge in [-0.2, -0.15) is 0 Å². The van der Waals surface area contributed by atoms with Gasteiger partial charge in [0.1, 0.15) is 0 Å². The number of aryl methyl sites for hydroxylation is 1. The Balaban J connectivity index is 2.76. The van der Waals surface area contributed by atoms with Gasteiger partial charge in [0.05, 0.1) is 5.69 Å². The van der Waals surface area contributed by atoms with Gasteiger partial charge in [-0.25, -0.2) is 0 Å². The maximum atomic E-state index is 5.56. The summed E-state index contributed by atoms with van der Waals surface area (Å²) < 4.78 is 0. The molecule has 1 aromatic rings. The molecule has 0 amide bonds. The molecule has 0 aliphatic heterocycles. The van der Waals surface area contributed by atoms with Crippen LogP contribution in [0.5, 0.6) is 0 Å². The third-order valence-corrected chi connectivity index (χ3v) is 1.48. The van der Waals surface area contributed by atoms with E-state index in [1.165, 1.54) is 0 Å². The number of nitrogens with two attached hydrogens (primary N) is 1. The van der Waals surface area contributed by atoms with Gasteiger partial charge in [-0.05, 0) is 32.1 Å². The average molecular weight is 162 g/mol. The first-order valence-electron chi connectivity index (χ1n) is 4.06. The van der Waals surface area contributed by atoms with E-state index in [-0.39, 0.29) is 6.04 Å². The second kappa shape index (κ2) is 4.02. The second-order valence-corrected chi connectivity index (χ2v) is 2.92. The fourth-order valence-corrected chi connectivity index (χ4v) is 0.907. The first-order chi connectivity index (χ1) is 5.68.